The number of carbonyl (C=O) groups is 1. The second-order valence-corrected chi connectivity index (χ2v) is 4.73. The Morgan fingerprint density at radius 3 is 2.57 bits per heavy atom. The predicted octanol–water partition coefficient (Wildman–Crippen LogP) is 1.18. The number of hydrogen-bond donors (Lipinski definition) is 1. The molecule has 0 aromatic carbocycles. The maximum absolute atomic E-state index is 11.2. The Morgan fingerprint density at radius 1 is 1.57 bits per heavy atom. The van der Waals surface area contributed by atoms with Crippen molar-refractivity contribution >= 4 is 5.91 Å². The molecule has 3 nitrogen and oxygen atoms in total. The summed E-state index contributed by atoms with van der Waals surface area (Å²) in [5.41, 5.74) is 1.61. The van der Waals surface area contributed by atoms with Crippen LogP contribution in [0.25, 0.3) is 0 Å². The summed E-state index contributed by atoms with van der Waals surface area (Å²) in [6.07, 6.45) is 3.03. The lowest BCUT2D eigenvalue weighted by Crippen LogP contribution is -2.37. The standard InChI is InChI=1S/C11H19NO2/c1-11(2,3)9-4-6-12(7-5-9)10(14)8-13/h4,13H,5-8H2,1-3H3. The smallest absolute Gasteiger partial charge is 0.248 e. The zero-order valence-electron chi connectivity index (χ0n) is 9.21. The number of carbonyl (C=O) groups excluding carboxylic acids is 1. The molecule has 1 N–H and O–H groups in total. The molecule has 1 amide bonds. The van der Waals surface area contributed by atoms with Crippen molar-refractivity contribution < 1.29 is 9.90 Å². The van der Waals surface area contributed by atoms with Crippen LogP contribution in [0.15, 0.2) is 11.6 Å². The average Bonchev–Trinajstić information content (AvgIpc) is 2.15. The van der Waals surface area contributed by atoms with E-state index in [-0.39, 0.29) is 17.9 Å². The molecule has 3 heteroatoms. The molecule has 0 aromatic heterocycles. The van der Waals surface area contributed by atoms with Gasteiger partial charge in [0.25, 0.3) is 0 Å². The van der Waals surface area contributed by atoms with Gasteiger partial charge in [0.2, 0.25) is 5.91 Å². The van der Waals surface area contributed by atoms with E-state index in [0.717, 1.165) is 13.0 Å². The minimum absolute atomic E-state index is 0.172. The van der Waals surface area contributed by atoms with Crippen LogP contribution in [0.1, 0.15) is 27.2 Å². The van der Waals surface area contributed by atoms with Gasteiger partial charge < -0.3 is 10.0 Å². The summed E-state index contributed by atoms with van der Waals surface area (Å²) in [5.74, 6) is -0.172. The molecule has 1 rings (SSSR count). The first-order valence-electron chi connectivity index (χ1n) is 5.03. The number of aliphatic hydroxyl groups is 1. The molecular weight excluding hydrogens is 178 g/mol. The predicted molar refractivity (Wildman–Crippen MR) is 55.8 cm³/mol. The topological polar surface area (TPSA) is 40.5 Å². The molecule has 1 aliphatic rings. The van der Waals surface area contributed by atoms with Crippen LogP contribution in [0.4, 0.5) is 0 Å². The van der Waals surface area contributed by atoms with Gasteiger partial charge in [0.05, 0.1) is 0 Å². The Labute approximate surface area is 85.4 Å². The molecule has 0 radical (unpaired) electrons. The molecule has 0 atom stereocenters. The molecule has 0 fully saturated rings. The van der Waals surface area contributed by atoms with Gasteiger partial charge in [-0.3, -0.25) is 4.79 Å². The number of hydrogen-bond acceptors (Lipinski definition) is 2. The summed E-state index contributed by atoms with van der Waals surface area (Å²) in [4.78, 5) is 12.9. The molecule has 80 valence electrons. The first-order chi connectivity index (χ1) is 6.45. The molecule has 1 aliphatic heterocycles. The Balaban J connectivity index is 2.60. The van der Waals surface area contributed by atoms with Gasteiger partial charge in [-0.05, 0) is 11.8 Å². The Morgan fingerprint density at radius 2 is 2.21 bits per heavy atom. The van der Waals surface area contributed by atoms with Gasteiger partial charge >= 0.3 is 0 Å². The van der Waals surface area contributed by atoms with Gasteiger partial charge in [0, 0.05) is 13.1 Å². The van der Waals surface area contributed by atoms with Gasteiger partial charge in [-0.15, -0.1) is 0 Å². The first kappa shape index (κ1) is 11.2. The molecule has 0 saturated carbocycles. The second kappa shape index (κ2) is 4.13. The zero-order chi connectivity index (χ0) is 10.8. The summed E-state index contributed by atoms with van der Waals surface area (Å²) in [6, 6.07) is 0. The summed E-state index contributed by atoms with van der Waals surface area (Å²) < 4.78 is 0. The van der Waals surface area contributed by atoms with Crippen molar-refractivity contribution in [1.29, 1.82) is 0 Å². The highest BCUT2D eigenvalue weighted by Gasteiger charge is 2.22. The fourth-order valence-corrected chi connectivity index (χ4v) is 1.68. The van der Waals surface area contributed by atoms with E-state index in [2.05, 4.69) is 26.8 Å². The lowest BCUT2D eigenvalue weighted by molar-refractivity contribution is -0.133. The van der Waals surface area contributed by atoms with E-state index in [1.165, 1.54) is 5.57 Å². The number of amides is 1. The zero-order valence-corrected chi connectivity index (χ0v) is 9.21. The van der Waals surface area contributed by atoms with Crippen LogP contribution >= 0.6 is 0 Å². The average molecular weight is 197 g/mol. The fourth-order valence-electron chi connectivity index (χ4n) is 1.68. The van der Waals surface area contributed by atoms with Crippen LogP contribution < -0.4 is 0 Å². The summed E-state index contributed by atoms with van der Waals surface area (Å²) >= 11 is 0. The quantitative estimate of drug-likeness (QED) is 0.641. The van der Waals surface area contributed by atoms with E-state index in [4.69, 9.17) is 5.11 Å². The molecule has 0 saturated heterocycles. The van der Waals surface area contributed by atoms with Gasteiger partial charge in [-0.2, -0.15) is 0 Å². The summed E-state index contributed by atoms with van der Waals surface area (Å²) in [5, 5.41) is 8.70. The van der Waals surface area contributed by atoms with Crippen LogP contribution in [0.2, 0.25) is 0 Å². The fraction of sp³-hybridized carbons (Fsp3) is 0.727. The normalized spacial score (nSPS) is 18.0. The highest BCUT2D eigenvalue weighted by Crippen LogP contribution is 2.29. The maximum atomic E-state index is 11.2. The van der Waals surface area contributed by atoms with Crippen molar-refractivity contribution in [2.24, 2.45) is 5.41 Å². The van der Waals surface area contributed by atoms with Gasteiger partial charge in [0.1, 0.15) is 6.61 Å². The van der Waals surface area contributed by atoms with E-state index in [1.807, 2.05) is 0 Å². The first-order valence-corrected chi connectivity index (χ1v) is 5.03. The number of nitrogens with zero attached hydrogens (tertiary/aromatic N) is 1. The van der Waals surface area contributed by atoms with Crippen LogP contribution in [0.3, 0.4) is 0 Å². The van der Waals surface area contributed by atoms with Gasteiger partial charge in [-0.25, -0.2) is 0 Å². The van der Waals surface area contributed by atoms with Crippen molar-refractivity contribution in [2.75, 3.05) is 19.7 Å². The van der Waals surface area contributed by atoms with Gasteiger partial charge in [-0.1, -0.05) is 32.4 Å². The molecule has 0 bridgehead atoms. The Hall–Kier alpha value is -0.830. The van der Waals surface area contributed by atoms with E-state index in [9.17, 15) is 4.79 Å². The van der Waals surface area contributed by atoms with Crippen molar-refractivity contribution in [3.8, 4) is 0 Å². The summed E-state index contributed by atoms with van der Waals surface area (Å²) in [7, 11) is 0. The third kappa shape index (κ3) is 2.58. The van der Waals surface area contributed by atoms with Crippen LogP contribution in [-0.2, 0) is 4.79 Å². The lowest BCUT2D eigenvalue weighted by atomic mass is 9.83. The Bertz CT molecular complexity index is 251. The molecule has 0 unspecified atom stereocenters. The minimum Gasteiger partial charge on any atom is -0.387 e. The van der Waals surface area contributed by atoms with Crippen LogP contribution in [0.5, 0.6) is 0 Å². The lowest BCUT2D eigenvalue weighted by Gasteiger charge is -2.31. The molecule has 0 spiro atoms. The molecular formula is C11H19NO2. The van der Waals surface area contributed by atoms with E-state index >= 15 is 0 Å². The van der Waals surface area contributed by atoms with E-state index in [0.29, 0.717) is 6.54 Å². The minimum atomic E-state index is -0.376. The van der Waals surface area contributed by atoms with Crippen molar-refractivity contribution in [1.82, 2.24) is 4.90 Å². The SMILES string of the molecule is CC(C)(C)C1=CCN(C(=O)CO)CC1. The second-order valence-electron chi connectivity index (χ2n) is 4.73. The summed E-state index contributed by atoms with van der Waals surface area (Å²) in [6.45, 7) is 7.56. The number of aliphatic hydroxyl groups excluding tert-OH is 1. The molecule has 14 heavy (non-hydrogen) atoms. The van der Waals surface area contributed by atoms with Gasteiger partial charge in [0.15, 0.2) is 0 Å². The van der Waals surface area contributed by atoms with Crippen molar-refractivity contribution in [2.45, 2.75) is 27.2 Å². The Kier molecular flexibility index (Phi) is 3.32. The van der Waals surface area contributed by atoms with Crippen LogP contribution in [0, 0.1) is 5.41 Å². The largest absolute Gasteiger partial charge is 0.387 e. The highest BCUT2D eigenvalue weighted by atomic mass is 16.3. The van der Waals surface area contributed by atoms with Crippen molar-refractivity contribution in [3.05, 3.63) is 11.6 Å². The van der Waals surface area contributed by atoms with Crippen molar-refractivity contribution in [3.63, 3.8) is 0 Å². The van der Waals surface area contributed by atoms with E-state index < -0.39 is 0 Å². The monoisotopic (exact) mass is 197 g/mol. The molecule has 0 aromatic rings. The van der Waals surface area contributed by atoms with Crippen LogP contribution in [-0.4, -0.2) is 35.6 Å². The number of rotatable bonds is 1. The molecule has 1 heterocycles. The highest BCUT2D eigenvalue weighted by molar-refractivity contribution is 5.77. The maximum Gasteiger partial charge on any atom is 0.248 e. The van der Waals surface area contributed by atoms with E-state index in [1.54, 1.807) is 4.90 Å². The third-order valence-corrected chi connectivity index (χ3v) is 2.66. The third-order valence-electron chi connectivity index (χ3n) is 2.66. The molecule has 0 aliphatic carbocycles.